The van der Waals surface area contributed by atoms with Gasteiger partial charge >= 0.3 is 0 Å². The normalized spacial score (nSPS) is 29.5. The molecule has 2 saturated heterocycles. The molecule has 0 spiro atoms. The first-order valence-corrected chi connectivity index (χ1v) is 9.24. The standard InChI is InChI=1S/C17H27N5O2/c1-20-12-18-19-16(20)15-11-21(9-10-24-15)17(23)14-7-4-8-22(14)13-5-2-3-6-13/h12-15H,2-11H2,1H3/t14-,15+/m1/s1. The second kappa shape index (κ2) is 6.80. The smallest absolute Gasteiger partial charge is 0.240 e. The fraction of sp³-hybridized carbons (Fsp3) is 0.824. The van der Waals surface area contributed by atoms with Crippen LogP contribution in [0, 0.1) is 0 Å². The van der Waals surface area contributed by atoms with Crippen molar-refractivity contribution in [2.45, 2.75) is 56.7 Å². The third-order valence-corrected chi connectivity index (χ3v) is 5.79. The van der Waals surface area contributed by atoms with Crippen molar-refractivity contribution in [2.24, 2.45) is 7.05 Å². The molecule has 0 radical (unpaired) electrons. The van der Waals surface area contributed by atoms with Gasteiger partial charge in [0.05, 0.1) is 19.2 Å². The van der Waals surface area contributed by atoms with E-state index in [1.165, 1.54) is 25.7 Å². The van der Waals surface area contributed by atoms with Gasteiger partial charge in [0.25, 0.3) is 0 Å². The lowest BCUT2D eigenvalue weighted by Crippen LogP contribution is -2.52. The number of carbonyl (C=O) groups is 1. The van der Waals surface area contributed by atoms with Gasteiger partial charge in [-0.2, -0.15) is 0 Å². The van der Waals surface area contributed by atoms with E-state index in [0.29, 0.717) is 25.7 Å². The Labute approximate surface area is 143 Å². The minimum Gasteiger partial charge on any atom is -0.366 e. The van der Waals surface area contributed by atoms with Crippen LogP contribution in [0.25, 0.3) is 0 Å². The second-order valence-corrected chi connectivity index (χ2v) is 7.28. The van der Waals surface area contributed by atoms with E-state index in [0.717, 1.165) is 25.2 Å². The molecule has 1 aliphatic carbocycles. The highest BCUT2D eigenvalue weighted by molar-refractivity contribution is 5.82. The van der Waals surface area contributed by atoms with Gasteiger partial charge < -0.3 is 14.2 Å². The van der Waals surface area contributed by atoms with E-state index in [2.05, 4.69) is 15.1 Å². The van der Waals surface area contributed by atoms with Crippen molar-refractivity contribution in [3.05, 3.63) is 12.2 Å². The highest BCUT2D eigenvalue weighted by Crippen LogP contribution is 2.31. The highest BCUT2D eigenvalue weighted by Gasteiger charge is 2.40. The van der Waals surface area contributed by atoms with Gasteiger partial charge in [-0.3, -0.25) is 9.69 Å². The molecule has 1 aromatic heterocycles. The van der Waals surface area contributed by atoms with Crippen LogP contribution in [-0.4, -0.2) is 68.8 Å². The zero-order valence-electron chi connectivity index (χ0n) is 14.4. The third-order valence-electron chi connectivity index (χ3n) is 5.79. The largest absolute Gasteiger partial charge is 0.366 e. The first-order valence-electron chi connectivity index (χ1n) is 9.24. The summed E-state index contributed by atoms with van der Waals surface area (Å²) < 4.78 is 7.72. The van der Waals surface area contributed by atoms with Crippen LogP contribution >= 0.6 is 0 Å². The molecule has 3 heterocycles. The van der Waals surface area contributed by atoms with Crippen LogP contribution in [-0.2, 0) is 16.6 Å². The van der Waals surface area contributed by atoms with E-state index in [1.807, 2.05) is 16.5 Å². The van der Waals surface area contributed by atoms with E-state index >= 15 is 0 Å². The number of morpholine rings is 1. The van der Waals surface area contributed by atoms with E-state index in [9.17, 15) is 4.79 Å². The molecule has 0 bridgehead atoms. The van der Waals surface area contributed by atoms with Gasteiger partial charge in [-0.05, 0) is 32.2 Å². The van der Waals surface area contributed by atoms with Crippen LogP contribution < -0.4 is 0 Å². The molecule has 1 saturated carbocycles. The van der Waals surface area contributed by atoms with E-state index < -0.39 is 0 Å². The number of rotatable bonds is 3. The van der Waals surface area contributed by atoms with Crippen LogP contribution in [0.5, 0.6) is 0 Å². The number of nitrogens with zero attached hydrogens (tertiary/aromatic N) is 5. The fourth-order valence-electron chi connectivity index (χ4n) is 4.53. The number of hydrogen-bond donors (Lipinski definition) is 0. The SMILES string of the molecule is Cn1cnnc1[C@@H]1CN(C(=O)[C@H]2CCCN2C2CCCC2)CCO1. The summed E-state index contributed by atoms with van der Waals surface area (Å²) in [5, 5.41) is 8.08. The summed E-state index contributed by atoms with van der Waals surface area (Å²) in [6, 6.07) is 0.698. The molecule has 1 amide bonds. The Morgan fingerprint density at radius 2 is 2.04 bits per heavy atom. The Hall–Kier alpha value is -1.47. The molecule has 7 nitrogen and oxygen atoms in total. The quantitative estimate of drug-likeness (QED) is 0.829. The first-order chi connectivity index (χ1) is 11.7. The Morgan fingerprint density at radius 1 is 1.21 bits per heavy atom. The number of ether oxygens (including phenoxy) is 1. The van der Waals surface area contributed by atoms with E-state index in [-0.39, 0.29) is 18.1 Å². The van der Waals surface area contributed by atoms with Gasteiger partial charge in [0.2, 0.25) is 5.91 Å². The number of hydrogen-bond acceptors (Lipinski definition) is 5. The Morgan fingerprint density at radius 3 is 2.79 bits per heavy atom. The molecule has 0 aromatic carbocycles. The summed E-state index contributed by atoms with van der Waals surface area (Å²) >= 11 is 0. The summed E-state index contributed by atoms with van der Waals surface area (Å²) in [5.41, 5.74) is 0. The van der Waals surface area contributed by atoms with Gasteiger partial charge in [-0.25, -0.2) is 0 Å². The van der Waals surface area contributed by atoms with Crippen molar-refractivity contribution in [3.63, 3.8) is 0 Å². The lowest BCUT2D eigenvalue weighted by Gasteiger charge is -2.37. The van der Waals surface area contributed by atoms with Gasteiger partial charge in [-0.1, -0.05) is 12.8 Å². The minimum atomic E-state index is -0.170. The monoisotopic (exact) mass is 333 g/mol. The van der Waals surface area contributed by atoms with Crippen LogP contribution in [0.4, 0.5) is 0 Å². The van der Waals surface area contributed by atoms with Crippen molar-refractivity contribution >= 4 is 5.91 Å². The zero-order chi connectivity index (χ0) is 16.5. The van der Waals surface area contributed by atoms with Crippen molar-refractivity contribution in [1.29, 1.82) is 0 Å². The summed E-state index contributed by atoms with van der Waals surface area (Å²) in [4.78, 5) is 17.6. The number of likely N-dealkylation sites (tertiary alicyclic amines) is 1. The number of aromatic nitrogens is 3. The van der Waals surface area contributed by atoms with Crippen molar-refractivity contribution < 1.29 is 9.53 Å². The minimum absolute atomic E-state index is 0.0753. The maximum Gasteiger partial charge on any atom is 0.240 e. The number of amides is 1. The Balaban J connectivity index is 1.44. The summed E-state index contributed by atoms with van der Waals surface area (Å²) in [6.07, 6.45) is 8.80. The zero-order valence-corrected chi connectivity index (χ0v) is 14.4. The van der Waals surface area contributed by atoms with Crippen molar-refractivity contribution in [2.75, 3.05) is 26.2 Å². The number of carbonyl (C=O) groups excluding carboxylic acids is 1. The molecular formula is C17H27N5O2. The average molecular weight is 333 g/mol. The molecule has 7 heteroatoms. The molecular weight excluding hydrogens is 306 g/mol. The molecule has 0 N–H and O–H groups in total. The van der Waals surface area contributed by atoms with Gasteiger partial charge in [0.1, 0.15) is 12.4 Å². The van der Waals surface area contributed by atoms with Crippen molar-refractivity contribution in [3.8, 4) is 0 Å². The van der Waals surface area contributed by atoms with Crippen LogP contribution in [0.3, 0.4) is 0 Å². The van der Waals surface area contributed by atoms with Gasteiger partial charge in [0, 0.05) is 19.6 Å². The summed E-state index contributed by atoms with van der Waals surface area (Å²) in [5.74, 6) is 1.08. The predicted octanol–water partition coefficient (Wildman–Crippen LogP) is 1.12. The van der Waals surface area contributed by atoms with Crippen molar-refractivity contribution in [1.82, 2.24) is 24.6 Å². The lowest BCUT2D eigenvalue weighted by molar-refractivity contribution is -0.144. The average Bonchev–Trinajstić information content (AvgIpc) is 3.34. The van der Waals surface area contributed by atoms with Gasteiger partial charge in [0.15, 0.2) is 5.82 Å². The van der Waals surface area contributed by atoms with Gasteiger partial charge in [-0.15, -0.1) is 10.2 Å². The Bertz CT molecular complexity index is 583. The van der Waals surface area contributed by atoms with E-state index in [4.69, 9.17) is 4.74 Å². The highest BCUT2D eigenvalue weighted by atomic mass is 16.5. The molecule has 1 aromatic rings. The van der Waals surface area contributed by atoms with Crippen LogP contribution in [0.2, 0.25) is 0 Å². The molecule has 4 rings (SSSR count). The molecule has 2 aliphatic heterocycles. The second-order valence-electron chi connectivity index (χ2n) is 7.28. The Kier molecular flexibility index (Phi) is 4.54. The number of aryl methyl sites for hydroxylation is 1. The molecule has 0 unspecified atom stereocenters. The predicted molar refractivity (Wildman–Crippen MR) is 88.3 cm³/mol. The molecule has 132 valence electrons. The molecule has 3 fully saturated rings. The third kappa shape index (κ3) is 2.95. The maximum atomic E-state index is 13.2. The summed E-state index contributed by atoms with van der Waals surface area (Å²) in [6.45, 7) is 2.92. The molecule has 2 atom stereocenters. The first kappa shape index (κ1) is 16.0. The lowest BCUT2D eigenvalue weighted by atomic mass is 10.1. The molecule has 3 aliphatic rings. The van der Waals surface area contributed by atoms with Crippen LogP contribution in [0.1, 0.15) is 50.5 Å². The summed E-state index contributed by atoms with van der Waals surface area (Å²) in [7, 11) is 1.91. The fourth-order valence-corrected chi connectivity index (χ4v) is 4.53. The maximum absolute atomic E-state index is 13.2. The topological polar surface area (TPSA) is 63.5 Å². The van der Waals surface area contributed by atoms with E-state index in [1.54, 1.807) is 6.33 Å². The van der Waals surface area contributed by atoms with Crippen LogP contribution in [0.15, 0.2) is 6.33 Å². The molecule has 24 heavy (non-hydrogen) atoms.